The van der Waals surface area contributed by atoms with E-state index in [1.165, 1.54) is 24.3 Å². The fraction of sp³-hybridized carbons (Fsp3) is 0.500. The van der Waals surface area contributed by atoms with Crippen molar-refractivity contribution < 1.29 is 13.9 Å². The lowest BCUT2D eigenvalue weighted by Gasteiger charge is -2.17. The van der Waals surface area contributed by atoms with E-state index < -0.39 is 6.10 Å². The van der Waals surface area contributed by atoms with Gasteiger partial charge < -0.3 is 10.1 Å². The summed E-state index contributed by atoms with van der Waals surface area (Å²) in [5.74, 6) is 0.0759. The summed E-state index contributed by atoms with van der Waals surface area (Å²) in [6.07, 6.45) is 2.05. The van der Waals surface area contributed by atoms with Gasteiger partial charge in [-0.05, 0) is 37.1 Å². The van der Waals surface area contributed by atoms with Crippen molar-refractivity contribution in [1.82, 2.24) is 5.32 Å². The van der Waals surface area contributed by atoms with Gasteiger partial charge in [-0.1, -0.05) is 20.3 Å². The van der Waals surface area contributed by atoms with E-state index in [0.29, 0.717) is 18.7 Å². The average molecular weight is 253 g/mol. The lowest BCUT2D eigenvalue weighted by atomic mass is 10.2. The maximum Gasteiger partial charge on any atom is 0.261 e. The van der Waals surface area contributed by atoms with Crippen LogP contribution in [0.1, 0.15) is 33.1 Å². The third-order valence-corrected chi connectivity index (χ3v) is 2.58. The minimum absolute atomic E-state index is 0.115. The Balaban J connectivity index is 2.50. The standard InChI is InChI=1S/C14H20FNO2/c1-3-5-10-16-14(17)13(4-2)18-12-8-6-11(15)7-9-12/h6-9,13H,3-5,10H2,1-2H3,(H,16,17)/t13-/m1/s1. The lowest BCUT2D eigenvalue weighted by molar-refractivity contribution is -0.128. The second kappa shape index (κ2) is 7.69. The van der Waals surface area contributed by atoms with Crippen molar-refractivity contribution in [3.63, 3.8) is 0 Å². The quantitative estimate of drug-likeness (QED) is 0.759. The third-order valence-electron chi connectivity index (χ3n) is 2.58. The Morgan fingerprint density at radius 1 is 1.33 bits per heavy atom. The van der Waals surface area contributed by atoms with Gasteiger partial charge in [-0.25, -0.2) is 4.39 Å². The molecule has 0 unspecified atom stereocenters. The van der Waals surface area contributed by atoms with Crippen molar-refractivity contribution in [2.75, 3.05) is 6.54 Å². The Morgan fingerprint density at radius 2 is 2.00 bits per heavy atom. The van der Waals surface area contributed by atoms with Crippen LogP contribution in [0.5, 0.6) is 5.75 Å². The number of rotatable bonds is 7. The Kier molecular flexibility index (Phi) is 6.19. The van der Waals surface area contributed by atoms with Gasteiger partial charge in [0.1, 0.15) is 11.6 Å². The number of halogens is 1. The highest BCUT2D eigenvalue weighted by molar-refractivity contribution is 5.81. The highest BCUT2D eigenvalue weighted by Gasteiger charge is 2.17. The number of hydrogen-bond donors (Lipinski definition) is 1. The largest absolute Gasteiger partial charge is 0.481 e. The molecule has 1 aromatic carbocycles. The zero-order chi connectivity index (χ0) is 13.4. The van der Waals surface area contributed by atoms with Crippen LogP contribution in [0.4, 0.5) is 4.39 Å². The summed E-state index contributed by atoms with van der Waals surface area (Å²) in [6.45, 7) is 4.62. The van der Waals surface area contributed by atoms with Crippen LogP contribution in [0.2, 0.25) is 0 Å². The minimum Gasteiger partial charge on any atom is -0.481 e. The smallest absolute Gasteiger partial charge is 0.261 e. The molecule has 18 heavy (non-hydrogen) atoms. The molecule has 0 aliphatic rings. The number of carbonyl (C=O) groups excluding carboxylic acids is 1. The third kappa shape index (κ3) is 4.73. The van der Waals surface area contributed by atoms with Gasteiger partial charge in [-0.2, -0.15) is 0 Å². The molecule has 1 atom stereocenters. The molecule has 0 fully saturated rings. The van der Waals surface area contributed by atoms with E-state index >= 15 is 0 Å². The maximum absolute atomic E-state index is 12.7. The van der Waals surface area contributed by atoms with Crippen molar-refractivity contribution in [3.8, 4) is 5.75 Å². The van der Waals surface area contributed by atoms with Crippen molar-refractivity contribution in [2.45, 2.75) is 39.2 Å². The van der Waals surface area contributed by atoms with E-state index in [9.17, 15) is 9.18 Å². The van der Waals surface area contributed by atoms with Crippen LogP contribution in [0.25, 0.3) is 0 Å². The SMILES string of the molecule is CCCCNC(=O)[C@@H](CC)Oc1ccc(F)cc1. The molecule has 0 saturated carbocycles. The van der Waals surface area contributed by atoms with Crippen LogP contribution in [0.3, 0.4) is 0 Å². The minimum atomic E-state index is -0.521. The predicted octanol–water partition coefficient (Wildman–Crippen LogP) is 2.90. The highest BCUT2D eigenvalue weighted by atomic mass is 19.1. The first-order valence-corrected chi connectivity index (χ1v) is 6.37. The molecule has 0 saturated heterocycles. The number of nitrogens with one attached hydrogen (secondary N) is 1. The molecule has 1 N–H and O–H groups in total. The summed E-state index contributed by atoms with van der Waals surface area (Å²) >= 11 is 0. The van der Waals surface area contributed by atoms with Crippen LogP contribution in [0, 0.1) is 5.82 Å². The van der Waals surface area contributed by atoms with E-state index in [4.69, 9.17) is 4.74 Å². The van der Waals surface area contributed by atoms with Gasteiger partial charge in [0, 0.05) is 6.54 Å². The Morgan fingerprint density at radius 3 is 2.56 bits per heavy atom. The Labute approximate surface area is 107 Å². The first-order chi connectivity index (χ1) is 8.67. The van der Waals surface area contributed by atoms with E-state index in [2.05, 4.69) is 12.2 Å². The van der Waals surface area contributed by atoms with Crippen LogP contribution in [-0.4, -0.2) is 18.6 Å². The molecule has 0 heterocycles. The van der Waals surface area contributed by atoms with Gasteiger partial charge in [0.2, 0.25) is 0 Å². The van der Waals surface area contributed by atoms with Crippen molar-refractivity contribution in [2.24, 2.45) is 0 Å². The molecular formula is C14H20FNO2. The highest BCUT2D eigenvalue weighted by Crippen LogP contribution is 2.14. The van der Waals surface area contributed by atoms with Crippen LogP contribution in [0.15, 0.2) is 24.3 Å². The maximum atomic E-state index is 12.7. The predicted molar refractivity (Wildman–Crippen MR) is 69.0 cm³/mol. The molecule has 0 spiro atoms. The summed E-state index contributed by atoms with van der Waals surface area (Å²) in [4.78, 5) is 11.8. The molecular weight excluding hydrogens is 233 g/mol. The van der Waals surface area contributed by atoms with Gasteiger partial charge in [-0.3, -0.25) is 4.79 Å². The summed E-state index contributed by atoms with van der Waals surface area (Å²) < 4.78 is 18.3. The van der Waals surface area contributed by atoms with E-state index in [-0.39, 0.29) is 11.7 Å². The fourth-order valence-electron chi connectivity index (χ4n) is 1.50. The van der Waals surface area contributed by atoms with E-state index in [1.54, 1.807) is 0 Å². The van der Waals surface area contributed by atoms with Crippen LogP contribution >= 0.6 is 0 Å². The average Bonchev–Trinajstić information content (AvgIpc) is 2.38. The number of hydrogen-bond acceptors (Lipinski definition) is 2. The molecule has 0 aliphatic carbocycles. The second-order valence-electron chi connectivity index (χ2n) is 4.11. The van der Waals surface area contributed by atoms with Crippen molar-refractivity contribution in [1.29, 1.82) is 0 Å². The van der Waals surface area contributed by atoms with Crippen LogP contribution < -0.4 is 10.1 Å². The molecule has 100 valence electrons. The normalized spacial score (nSPS) is 11.9. The van der Waals surface area contributed by atoms with Crippen molar-refractivity contribution >= 4 is 5.91 Å². The first kappa shape index (κ1) is 14.5. The number of ether oxygens (including phenoxy) is 1. The van der Waals surface area contributed by atoms with Gasteiger partial charge in [0.15, 0.2) is 6.10 Å². The first-order valence-electron chi connectivity index (χ1n) is 6.37. The van der Waals surface area contributed by atoms with Gasteiger partial charge >= 0.3 is 0 Å². The topological polar surface area (TPSA) is 38.3 Å². The van der Waals surface area contributed by atoms with Crippen molar-refractivity contribution in [3.05, 3.63) is 30.1 Å². The second-order valence-corrected chi connectivity index (χ2v) is 4.11. The van der Waals surface area contributed by atoms with Gasteiger partial charge in [-0.15, -0.1) is 0 Å². The lowest BCUT2D eigenvalue weighted by Crippen LogP contribution is -2.38. The Hall–Kier alpha value is -1.58. The molecule has 0 radical (unpaired) electrons. The number of carbonyl (C=O) groups is 1. The zero-order valence-electron chi connectivity index (χ0n) is 10.9. The molecule has 0 aliphatic heterocycles. The molecule has 3 nitrogen and oxygen atoms in total. The molecule has 1 amide bonds. The summed E-state index contributed by atoms with van der Waals surface area (Å²) in [6, 6.07) is 5.68. The molecule has 0 bridgehead atoms. The number of unbranched alkanes of at least 4 members (excludes halogenated alkanes) is 1. The summed E-state index contributed by atoms with van der Waals surface area (Å²) in [7, 11) is 0. The molecule has 1 rings (SSSR count). The summed E-state index contributed by atoms with van der Waals surface area (Å²) in [5, 5.41) is 2.83. The number of benzene rings is 1. The van der Waals surface area contributed by atoms with E-state index in [0.717, 1.165) is 12.8 Å². The Bertz CT molecular complexity index is 365. The number of amides is 1. The molecule has 0 aromatic heterocycles. The van der Waals surface area contributed by atoms with Gasteiger partial charge in [0.25, 0.3) is 5.91 Å². The summed E-state index contributed by atoms with van der Waals surface area (Å²) in [5.41, 5.74) is 0. The van der Waals surface area contributed by atoms with E-state index in [1.807, 2.05) is 6.92 Å². The van der Waals surface area contributed by atoms with Gasteiger partial charge in [0.05, 0.1) is 0 Å². The van der Waals surface area contributed by atoms with Crippen LogP contribution in [-0.2, 0) is 4.79 Å². The fourth-order valence-corrected chi connectivity index (χ4v) is 1.50. The monoisotopic (exact) mass is 253 g/mol. The molecule has 1 aromatic rings. The molecule has 4 heteroatoms. The zero-order valence-corrected chi connectivity index (χ0v) is 10.9.